The molecule has 7 nitrogen and oxygen atoms in total. The summed E-state index contributed by atoms with van der Waals surface area (Å²) >= 11 is 5.32. The number of sulfone groups is 1. The highest BCUT2D eigenvalue weighted by Crippen LogP contribution is 2.41. The smallest absolute Gasteiger partial charge is 0.217 e. The predicted molar refractivity (Wildman–Crippen MR) is 128 cm³/mol. The van der Waals surface area contributed by atoms with Crippen LogP contribution in [0, 0.1) is 6.92 Å². The topological polar surface area (TPSA) is 91.3 Å². The molecule has 0 unspecified atom stereocenters. The summed E-state index contributed by atoms with van der Waals surface area (Å²) < 4.78 is 38.2. The van der Waals surface area contributed by atoms with Crippen LogP contribution in [-0.2, 0) is 20.3 Å². The van der Waals surface area contributed by atoms with E-state index in [1.165, 1.54) is 7.11 Å². The molecule has 0 bridgehead atoms. The third kappa shape index (κ3) is 4.18. The number of thiophene rings is 1. The normalized spacial score (nSPS) is 17.7. The van der Waals surface area contributed by atoms with Gasteiger partial charge in [-0.25, -0.2) is 23.4 Å². The Bertz CT molecular complexity index is 1280. The zero-order chi connectivity index (χ0) is 22.5. The van der Waals surface area contributed by atoms with Crippen molar-refractivity contribution in [3.05, 3.63) is 33.0 Å². The first kappa shape index (κ1) is 22.2. The van der Waals surface area contributed by atoms with E-state index in [0.29, 0.717) is 24.7 Å². The fraction of sp³-hybridized carbons (Fsp3) is 0.500. The summed E-state index contributed by atoms with van der Waals surface area (Å²) in [6.45, 7) is 3.46. The molecule has 1 saturated carbocycles. The van der Waals surface area contributed by atoms with Gasteiger partial charge in [0.25, 0.3) is 0 Å². The van der Waals surface area contributed by atoms with E-state index >= 15 is 0 Å². The van der Waals surface area contributed by atoms with Crippen LogP contribution < -0.4 is 4.74 Å². The molecule has 0 aromatic carbocycles. The maximum absolute atomic E-state index is 12.7. The maximum atomic E-state index is 12.7. The van der Waals surface area contributed by atoms with Gasteiger partial charge in [0.1, 0.15) is 5.82 Å². The lowest BCUT2D eigenvalue weighted by Crippen LogP contribution is -2.16. The van der Waals surface area contributed by atoms with E-state index < -0.39 is 9.84 Å². The molecule has 5 rings (SSSR count). The number of halogens is 1. The van der Waals surface area contributed by atoms with Crippen molar-refractivity contribution in [3.8, 4) is 17.1 Å². The number of ether oxygens (including phenoxy) is 2. The van der Waals surface area contributed by atoms with Gasteiger partial charge in [-0.1, -0.05) is 0 Å². The van der Waals surface area contributed by atoms with Gasteiger partial charge in [-0.05, 0) is 54.6 Å². The zero-order valence-corrected chi connectivity index (χ0v) is 21.1. The first-order valence-electron chi connectivity index (χ1n) is 10.7. The summed E-state index contributed by atoms with van der Waals surface area (Å²) in [5.74, 6) is 1.31. The van der Waals surface area contributed by atoms with Crippen LogP contribution in [0.2, 0.25) is 0 Å². The number of methoxy groups -OCH3 is 1. The lowest BCUT2D eigenvalue weighted by atomic mass is 9.99. The molecule has 1 saturated heterocycles. The van der Waals surface area contributed by atoms with E-state index in [1.54, 1.807) is 17.5 Å². The highest BCUT2D eigenvalue weighted by Gasteiger charge is 2.36. The van der Waals surface area contributed by atoms with E-state index in [4.69, 9.17) is 19.4 Å². The van der Waals surface area contributed by atoms with Crippen molar-refractivity contribution in [3.63, 3.8) is 0 Å². The van der Waals surface area contributed by atoms with Gasteiger partial charge in [0.05, 0.1) is 38.5 Å². The number of rotatable bonds is 6. The van der Waals surface area contributed by atoms with Crippen LogP contribution in [0.25, 0.3) is 21.5 Å². The summed E-state index contributed by atoms with van der Waals surface area (Å²) in [6, 6.07) is 1.87. The van der Waals surface area contributed by atoms with Crippen molar-refractivity contribution in [1.82, 2.24) is 15.0 Å². The summed E-state index contributed by atoms with van der Waals surface area (Å²) in [5.41, 5.74) is 3.03. The number of aryl methyl sites for hydroxylation is 1. The fourth-order valence-corrected chi connectivity index (χ4v) is 7.48. The van der Waals surface area contributed by atoms with E-state index in [0.717, 1.165) is 62.3 Å². The third-order valence-corrected chi connectivity index (χ3v) is 10.6. The Balaban J connectivity index is 1.64. The SMILES string of the molecule is COc1ncc(-c2nc(C3CCOCC3)nc3c(Br)c(C)sc23)cc1CS(=O)(=O)C1CC1. The second kappa shape index (κ2) is 8.62. The number of fused-ring (bicyclic) bond motifs is 1. The van der Waals surface area contributed by atoms with E-state index in [1.807, 2.05) is 13.0 Å². The van der Waals surface area contributed by atoms with E-state index in [2.05, 4.69) is 20.9 Å². The summed E-state index contributed by atoms with van der Waals surface area (Å²) in [4.78, 5) is 15.5. The van der Waals surface area contributed by atoms with Gasteiger partial charge in [0, 0.05) is 41.3 Å². The van der Waals surface area contributed by atoms with Gasteiger partial charge in [-0.15, -0.1) is 11.3 Å². The van der Waals surface area contributed by atoms with Gasteiger partial charge in [0.2, 0.25) is 5.88 Å². The molecule has 3 aromatic heterocycles. The van der Waals surface area contributed by atoms with Gasteiger partial charge in [-0.2, -0.15) is 0 Å². The molecule has 0 amide bonds. The molecular weight excluding hydrogens is 514 g/mol. The van der Waals surface area contributed by atoms with Crippen LogP contribution in [0.15, 0.2) is 16.7 Å². The Morgan fingerprint density at radius 2 is 1.97 bits per heavy atom. The molecule has 2 fully saturated rings. The quantitative estimate of drug-likeness (QED) is 0.445. The largest absolute Gasteiger partial charge is 0.481 e. The zero-order valence-electron chi connectivity index (χ0n) is 17.9. The first-order chi connectivity index (χ1) is 15.4. The predicted octanol–water partition coefficient (Wildman–Crippen LogP) is 4.80. The number of pyridine rings is 1. The van der Waals surface area contributed by atoms with Crippen LogP contribution in [0.3, 0.4) is 0 Å². The number of nitrogens with zero attached hydrogens (tertiary/aromatic N) is 3. The average Bonchev–Trinajstić information content (AvgIpc) is 3.61. The third-order valence-electron chi connectivity index (χ3n) is 6.02. The van der Waals surface area contributed by atoms with Gasteiger partial charge in [-0.3, -0.25) is 0 Å². The Hall–Kier alpha value is -1.62. The van der Waals surface area contributed by atoms with Crippen LogP contribution in [-0.4, -0.2) is 48.9 Å². The summed E-state index contributed by atoms with van der Waals surface area (Å²) in [6.07, 6.45) is 4.96. The second-order valence-corrected chi connectivity index (χ2v) is 12.7. The van der Waals surface area contributed by atoms with Gasteiger partial charge < -0.3 is 9.47 Å². The van der Waals surface area contributed by atoms with Crippen molar-refractivity contribution in [2.45, 2.75) is 49.5 Å². The minimum absolute atomic E-state index is 0.0735. The lowest BCUT2D eigenvalue weighted by molar-refractivity contribution is 0.0837. The summed E-state index contributed by atoms with van der Waals surface area (Å²) in [5, 5.41) is -0.238. The Kier molecular flexibility index (Phi) is 5.98. The molecule has 4 heterocycles. The van der Waals surface area contributed by atoms with E-state index in [9.17, 15) is 8.42 Å². The molecule has 0 radical (unpaired) electrons. The molecule has 32 heavy (non-hydrogen) atoms. The van der Waals surface area contributed by atoms with Crippen molar-refractivity contribution in [2.24, 2.45) is 0 Å². The monoisotopic (exact) mass is 537 g/mol. The maximum Gasteiger partial charge on any atom is 0.217 e. The number of hydrogen-bond acceptors (Lipinski definition) is 8. The Labute approximate surface area is 199 Å². The molecular formula is C22H24BrN3O4S2. The minimum Gasteiger partial charge on any atom is -0.481 e. The number of aromatic nitrogens is 3. The molecule has 0 N–H and O–H groups in total. The Morgan fingerprint density at radius 3 is 2.66 bits per heavy atom. The second-order valence-electron chi connectivity index (χ2n) is 8.37. The molecule has 0 spiro atoms. The fourth-order valence-electron chi connectivity index (χ4n) is 4.09. The summed E-state index contributed by atoms with van der Waals surface area (Å²) in [7, 11) is -1.70. The van der Waals surface area contributed by atoms with Crippen molar-refractivity contribution < 1.29 is 17.9 Å². The van der Waals surface area contributed by atoms with Crippen LogP contribution >= 0.6 is 27.3 Å². The molecule has 1 aliphatic carbocycles. The highest BCUT2D eigenvalue weighted by atomic mass is 79.9. The van der Waals surface area contributed by atoms with Crippen molar-refractivity contribution in [2.75, 3.05) is 20.3 Å². The number of hydrogen-bond donors (Lipinski definition) is 0. The van der Waals surface area contributed by atoms with Crippen molar-refractivity contribution in [1.29, 1.82) is 0 Å². The average molecular weight is 538 g/mol. The Morgan fingerprint density at radius 1 is 1.22 bits per heavy atom. The van der Waals surface area contributed by atoms with Crippen LogP contribution in [0.1, 0.15) is 47.9 Å². The van der Waals surface area contributed by atoms with Crippen LogP contribution in [0.4, 0.5) is 0 Å². The highest BCUT2D eigenvalue weighted by molar-refractivity contribution is 9.10. The first-order valence-corrected chi connectivity index (χ1v) is 14.0. The molecule has 0 atom stereocenters. The molecule has 170 valence electrons. The lowest BCUT2D eigenvalue weighted by Gasteiger charge is -2.21. The van der Waals surface area contributed by atoms with Gasteiger partial charge >= 0.3 is 0 Å². The molecule has 1 aliphatic heterocycles. The molecule has 3 aromatic rings. The minimum atomic E-state index is -3.21. The van der Waals surface area contributed by atoms with Crippen molar-refractivity contribution >= 4 is 47.3 Å². The van der Waals surface area contributed by atoms with E-state index in [-0.39, 0.29) is 16.9 Å². The van der Waals surface area contributed by atoms with Crippen LogP contribution in [0.5, 0.6) is 5.88 Å². The standard InChI is InChI=1S/C22H24BrN3O4S2/c1-12-17(23)19-20(31-12)18(25-21(26-19)13-5-7-30-8-6-13)14-9-15(22(29-2)24-10-14)11-32(27,28)16-3-4-16/h9-10,13,16H,3-8,11H2,1-2H3. The van der Waals surface area contributed by atoms with Gasteiger partial charge in [0.15, 0.2) is 9.84 Å². The molecule has 2 aliphatic rings. The molecule has 10 heteroatoms.